The predicted octanol–water partition coefficient (Wildman–Crippen LogP) is 3.99. The Morgan fingerprint density at radius 2 is 1.91 bits per heavy atom. The minimum absolute atomic E-state index is 0.0432. The van der Waals surface area contributed by atoms with E-state index in [4.69, 9.17) is 11.6 Å². The van der Waals surface area contributed by atoms with Gasteiger partial charge in [-0.25, -0.2) is 0 Å². The largest absolute Gasteiger partial charge is 0.380 e. The Hall–Kier alpha value is -1.06. The molecule has 0 radical (unpaired) electrons. The third-order valence-corrected chi connectivity index (χ3v) is 5.45. The van der Waals surface area contributed by atoms with Crippen molar-refractivity contribution in [3.8, 4) is 0 Å². The minimum Gasteiger partial charge on any atom is -0.380 e. The third-order valence-electron chi connectivity index (χ3n) is 5.22. The van der Waals surface area contributed by atoms with Crippen LogP contribution in [-0.2, 0) is 4.79 Å². The zero-order chi connectivity index (χ0) is 15.6. The van der Waals surface area contributed by atoms with E-state index in [1.165, 1.54) is 12.8 Å². The molecule has 2 aliphatic carbocycles. The molecule has 22 heavy (non-hydrogen) atoms. The molecule has 1 aromatic rings. The summed E-state index contributed by atoms with van der Waals surface area (Å²) in [5.41, 5.74) is -0.121. The smallest absolute Gasteiger partial charge is 0.252 e. The van der Waals surface area contributed by atoms with Gasteiger partial charge in [0.05, 0.1) is 6.04 Å². The molecule has 0 aromatic heterocycles. The Bertz CT molecular complexity index is 534. The van der Waals surface area contributed by atoms with Crippen LogP contribution >= 0.6 is 11.6 Å². The Kier molecular flexibility index (Phi) is 4.74. The molecule has 0 aliphatic heterocycles. The zero-order valence-electron chi connectivity index (χ0n) is 12.9. The van der Waals surface area contributed by atoms with Crippen molar-refractivity contribution >= 4 is 17.5 Å². The van der Waals surface area contributed by atoms with Gasteiger partial charge >= 0.3 is 0 Å². The van der Waals surface area contributed by atoms with Gasteiger partial charge in [-0.2, -0.15) is 0 Å². The molecule has 4 heteroatoms. The number of carbonyl (C=O) groups excluding carboxylic acids is 1. The summed E-state index contributed by atoms with van der Waals surface area (Å²) in [6, 6.07) is 7.69. The molecule has 3 nitrogen and oxygen atoms in total. The number of rotatable bonds is 4. The van der Waals surface area contributed by atoms with Crippen molar-refractivity contribution in [3.05, 3.63) is 34.9 Å². The molecule has 0 saturated heterocycles. The third kappa shape index (κ3) is 3.31. The molecule has 2 N–H and O–H groups in total. The predicted molar refractivity (Wildman–Crippen MR) is 87.7 cm³/mol. The summed E-state index contributed by atoms with van der Waals surface area (Å²) in [6.07, 6.45) is 7.66. The molecule has 0 unspecified atom stereocenters. The van der Waals surface area contributed by atoms with Crippen LogP contribution in [0.5, 0.6) is 0 Å². The molecule has 0 heterocycles. The molecule has 1 amide bonds. The van der Waals surface area contributed by atoms with Gasteiger partial charge in [-0.3, -0.25) is 4.79 Å². The molecular formula is C18H24ClNO2. The summed E-state index contributed by atoms with van der Waals surface area (Å²) in [6.45, 7) is 0. The maximum Gasteiger partial charge on any atom is 0.252 e. The summed E-state index contributed by atoms with van der Waals surface area (Å²) in [4.78, 5) is 12.6. The van der Waals surface area contributed by atoms with Crippen molar-refractivity contribution in [2.45, 2.75) is 63.0 Å². The molecular weight excluding hydrogens is 298 g/mol. The highest BCUT2D eigenvalue weighted by atomic mass is 35.5. The monoisotopic (exact) mass is 321 g/mol. The first-order valence-electron chi connectivity index (χ1n) is 8.37. The van der Waals surface area contributed by atoms with E-state index in [2.05, 4.69) is 5.32 Å². The first-order chi connectivity index (χ1) is 10.6. The van der Waals surface area contributed by atoms with Gasteiger partial charge in [-0.1, -0.05) is 36.6 Å². The SMILES string of the molecule is O=C(N[C@H](c1cccc(Cl)c1)C1CCCC1)C1(O)CCCC1. The molecule has 1 atom stereocenters. The van der Waals surface area contributed by atoms with Crippen LogP contribution < -0.4 is 5.32 Å². The summed E-state index contributed by atoms with van der Waals surface area (Å²) < 4.78 is 0. The van der Waals surface area contributed by atoms with Gasteiger partial charge in [0.15, 0.2) is 0 Å². The lowest BCUT2D eigenvalue weighted by Crippen LogP contribution is -2.47. The van der Waals surface area contributed by atoms with Crippen LogP contribution in [0.1, 0.15) is 63.0 Å². The van der Waals surface area contributed by atoms with Crippen LogP contribution in [0, 0.1) is 5.92 Å². The lowest BCUT2D eigenvalue weighted by Gasteiger charge is -2.30. The van der Waals surface area contributed by atoms with E-state index < -0.39 is 5.60 Å². The molecule has 0 bridgehead atoms. The van der Waals surface area contributed by atoms with E-state index >= 15 is 0 Å². The average molecular weight is 322 g/mol. The van der Waals surface area contributed by atoms with E-state index in [0.717, 1.165) is 31.2 Å². The second-order valence-corrected chi connectivity index (χ2v) is 7.23. The van der Waals surface area contributed by atoms with E-state index in [0.29, 0.717) is 23.8 Å². The highest BCUT2D eigenvalue weighted by Gasteiger charge is 2.40. The number of benzene rings is 1. The van der Waals surface area contributed by atoms with Gasteiger partial charge in [-0.15, -0.1) is 0 Å². The fourth-order valence-corrected chi connectivity index (χ4v) is 4.13. The summed E-state index contributed by atoms with van der Waals surface area (Å²) in [5, 5.41) is 14.3. The van der Waals surface area contributed by atoms with Crippen LogP contribution in [0.3, 0.4) is 0 Å². The van der Waals surface area contributed by atoms with Gasteiger partial charge in [-0.05, 0) is 62.1 Å². The van der Waals surface area contributed by atoms with Crippen LogP contribution in [0.25, 0.3) is 0 Å². The zero-order valence-corrected chi connectivity index (χ0v) is 13.6. The number of halogens is 1. The lowest BCUT2D eigenvalue weighted by molar-refractivity contribution is -0.140. The maximum atomic E-state index is 12.6. The summed E-state index contributed by atoms with van der Waals surface area (Å²) >= 11 is 6.12. The number of amides is 1. The van der Waals surface area contributed by atoms with Crippen LogP contribution in [0.15, 0.2) is 24.3 Å². The molecule has 3 rings (SSSR count). The van der Waals surface area contributed by atoms with E-state index in [9.17, 15) is 9.90 Å². The van der Waals surface area contributed by atoms with E-state index in [1.54, 1.807) is 0 Å². The van der Waals surface area contributed by atoms with Crippen LogP contribution in [0.2, 0.25) is 5.02 Å². The maximum absolute atomic E-state index is 12.6. The van der Waals surface area contributed by atoms with Crippen molar-refractivity contribution in [1.29, 1.82) is 0 Å². The normalized spacial score (nSPS) is 22.6. The van der Waals surface area contributed by atoms with Crippen molar-refractivity contribution in [2.24, 2.45) is 5.92 Å². The Labute approximate surface area is 137 Å². The van der Waals surface area contributed by atoms with Gasteiger partial charge in [0, 0.05) is 5.02 Å². The molecule has 2 aliphatic rings. The van der Waals surface area contributed by atoms with Gasteiger partial charge in [0.2, 0.25) is 0 Å². The standard InChI is InChI=1S/C18H24ClNO2/c19-15-9-5-8-14(12-15)16(13-6-1-2-7-13)20-17(21)18(22)10-3-4-11-18/h5,8-9,12-13,16,22H,1-4,6-7,10-11H2,(H,20,21)/t16-/m0/s1. The first-order valence-corrected chi connectivity index (χ1v) is 8.75. The number of carbonyl (C=O) groups is 1. The Balaban J connectivity index is 1.81. The average Bonchev–Trinajstić information content (AvgIpc) is 3.16. The fraction of sp³-hybridized carbons (Fsp3) is 0.611. The quantitative estimate of drug-likeness (QED) is 0.880. The number of hydrogen-bond acceptors (Lipinski definition) is 2. The van der Waals surface area contributed by atoms with Gasteiger partial charge in [0.1, 0.15) is 5.60 Å². The van der Waals surface area contributed by atoms with E-state index in [-0.39, 0.29) is 11.9 Å². The Morgan fingerprint density at radius 1 is 1.23 bits per heavy atom. The molecule has 2 fully saturated rings. The summed E-state index contributed by atoms with van der Waals surface area (Å²) in [7, 11) is 0. The van der Waals surface area contributed by atoms with E-state index in [1.807, 2.05) is 24.3 Å². The van der Waals surface area contributed by atoms with Crippen LogP contribution in [-0.4, -0.2) is 16.6 Å². The molecule has 120 valence electrons. The van der Waals surface area contributed by atoms with Crippen molar-refractivity contribution in [2.75, 3.05) is 0 Å². The highest BCUT2D eigenvalue weighted by Crippen LogP contribution is 2.38. The highest BCUT2D eigenvalue weighted by molar-refractivity contribution is 6.30. The molecule has 2 saturated carbocycles. The lowest BCUT2D eigenvalue weighted by atomic mass is 9.90. The van der Waals surface area contributed by atoms with Gasteiger partial charge in [0.25, 0.3) is 5.91 Å². The molecule has 0 spiro atoms. The number of nitrogens with one attached hydrogen (secondary N) is 1. The van der Waals surface area contributed by atoms with Gasteiger partial charge < -0.3 is 10.4 Å². The van der Waals surface area contributed by atoms with Crippen molar-refractivity contribution < 1.29 is 9.90 Å². The number of aliphatic hydroxyl groups is 1. The number of hydrogen-bond donors (Lipinski definition) is 2. The topological polar surface area (TPSA) is 49.3 Å². The fourth-order valence-electron chi connectivity index (χ4n) is 3.93. The second kappa shape index (κ2) is 6.59. The summed E-state index contributed by atoms with van der Waals surface area (Å²) in [5.74, 6) is 0.231. The Morgan fingerprint density at radius 3 is 2.55 bits per heavy atom. The van der Waals surface area contributed by atoms with Crippen molar-refractivity contribution in [3.63, 3.8) is 0 Å². The second-order valence-electron chi connectivity index (χ2n) is 6.79. The minimum atomic E-state index is -1.17. The van der Waals surface area contributed by atoms with Crippen molar-refractivity contribution in [1.82, 2.24) is 5.32 Å². The molecule has 1 aromatic carbocycles. The first kappa shape index (κ1) is 15.8. The van der Waals surface area contributed by atoms with Crippen LogP contribution in [0.4, 0.5) is 0 Å².